The number of nitrogens with one attached hydrogen (secondary N) is 3. The highest BCUT2D eigenvalue weighted by Gasteiger charge is 2.14. The molecule has 27 heavy (non-hydrogen) atoms. The van der Waals surface area contributed by atoms with Crippen LogP contribution in [0.1, 0.15) is 6.42 Å². The molecule has 2 rings (SSSR count). The van der Waals surface area contributed by atoms with Gasteiger partial charge in [-0.1, -0.05) is 0 Å². The molecule has 1 heterocycles. The van der Waals surface area contributed by atoms with E-state index >= 15 is 0 Å². The molecular weight excluding hydrogens is 370 g/mol. The molecular formula is C17H23N5O4S. The van der Waals surface area contributed by atoms with Crippen molar-refractivity contribution in [2.45, 2.75) is 13.0 Å². The largest absolute Gasteiger partial charge is 0.497 e. The number of rotatable bonds is 9. The second-order valence-electron chi connectivity index (χ2n) is 5.60. The topological polar surface area (TPSA) is 138 Å². The zero-order chi connectivity index (χ0) is 19.8. The molecule has 1 aromatic heterocycles. The van der Waals surface area contributed by atoms with Gasteiger partial charge in [-0.2, -0.15) is 0 Å². The number of nitrogens with two attached hydrogens (primary N) is 1. The van der Waals surface area contributed by atoms with Crippen LogP contribution in [0.15, 0.2) is 29.1 Å². The summed E-state index contributed by atoms with van der Waals surface area (Å²) >= 11 is 5.32. The summed E-state index contributed by atoms with van der Waals surface area (Å²) < 4.78 is 12.9. The molecule has 0 saturated heterocycles. The normalized spacial score (nSPS) is 10.4. The van der Waals surface area contributed by atoms with Crippen molar-refractivity contribution in [2.24, 2.45) is 5.73 Å². The van der Waals surface area contributed by atoms with E-state index in [1.54, 1.807) is 29.9 Å². The molecule has 1 aromatic carbocycles. The van der Waals surface area contributed by atoms with E-state index in [0.717, 1.165) is 0 Å². The van der Waals surface area contributed by atoms with Gasteiger partial charge in [0.1, 0.15) is 18.1 Å². The number of H-pyrrole nitrogens is 1. The molecule has 2 aromatic rings. The number of aromatic amines is 1. The Hall–Kier alpha value is -2.85. The molecule has 0 spiro atoms. The Balaban J connectivity index is 2.45. The van der Waals surface area contributed by atoms with E-state index in [1.165, 1.54) is 6.07 Å². The van der Waals surface area contributed by atoms with Gasteiger partial charge in [-0.05, 0) is 30.8 Å². The van der Waals surface area contributed by atoms with Crippen LogP contribution in [0.3, 0.4) is 0 Å². The molecule has 0 radical (unpaired) electrons. The van der Waals surface area contributed by atoms with Crippen LogP contribution in [0.5, 0.6) is 11.5 Å². The molecule has 0 fully saturated rings. The van der Waals surface area contributed by atoms with Crippen LogP contribution in [0.4, 0.5) is 0 Å². The van der Waals surface area contributed by atoms with Gasteiger partial charge in [0.2, 0.25) is 0 Å². The van der Waals surface area contributed by atoms with Gasteiger partial charge in [0, 0.05) is 30.8 Å². The van der Waals surface area contributed by atoms with Gasteiger partial charge in [0.05, 0.1) is 19.4 Å². The number of nitrogens with zero attached hydrogens (tertiary/aromatic N) is 1. The van der Waals surface area contributed by atoms with Crippen molar-refractivity contribution >= 4 is 18.2 Å². The quantitative estimate of drug-likeness (QED) is 0.184. The lowest BCUT2D eigenvalue weighted by Gasteiger charge is -2.17. The fourth-order valence-corrected chi connectivity index (χ4v) is 2.83. The van der Waals surface area contributed by atoms with Crippen LogP contribution in [0.25, 0.3) is 11.3 Å². The molecule has 0 aliphatic carbocycles. The lowest BCUT2D eigenvalue weighted by Crippen LogP contribution is -2.31. The van der Waals surface area contributed by atoms with Crippen LogP contribution in [0, 0.1) is 10.2 Å². The third-order valence-electron chi connectivity index (χ3n) is 3.72. The van der Waals surface area contributed by atoms with Crippen molar-refractivity contribution in [3.05, 3.63) is 39.4 Å². The minimum absolute atomic E-state index is 0.102. The summed E-state index contributed by atoms with van der Waals surface area (Å²) in [6.07, 6.45) is 0.635. The second-order valence-corrected chi connectivity index (χ2v) is 5.99. The summed E-state index contributed by atoms with van der Waals surface area (Å²) in [5, 5.41) is 19.0. The fourth-order valence-electron chi connectivity index (χ4n) is 2.54. The minimum Gasteiger partial charge on any atom is -0.497 e. The number of methoxy groups -OCH3 is 1. The fraction of sp³-hybridized carbons (Fsp3) is 0.353. The number of aliphatic hydroxyl groups excluding tert-OH is 1. The van der Waals surface area contributed by atoms with Gasteiger partial charge in [-0.15, -0.1) is 0 Å². The Kier molecular flexibility index (Phi) is 7.38. The van der Waals surface area contributed by atoms with Gasteiger partial charge < -0.3 is 30.2 Å². The zero-order valence-electron chi connectivity index (χ0n) is 14.9. The molecule has 0 atom stereocenters. The van der Waals surface area contributed by atoms with E-state index in [4.69, 9.17) is 37.9 Å². The van der Waals surface area contributed by atoms with Gasteiger partial charge >= 0.3 is 0 Å². The summed E-state index contributed by atoms with van der Waals surface area (Å²) in [7, 11) is 1.54. The first-order valence-corrected chi connectivity index (χ1v) is 8.71. The first-order chi connectivity index (χ1) is 13.0. The van der Waals surface area contributed by atoms with E-state index in [9.17, 15) is 4.79 Å². The summed E-state index contributed by atoms with van der Waals surface area (Å²) in [6.45, 7) is 0.949. The summed E-state index contributed by atoms with van der Waals surface area (Å²) in [5.74, 6) is 0.960. The highest BCUT2D eigenvalue weighted by Crippen LogP contribution is 2.33. The smallest absolute Gasteiger partial charge is 0.252 e. The van der Waals surface area contributed by atoms with E-state index in [2.05, 4.69) is 10.3 Å². The maximum atomic E-state index is 12.0. The van der Waals surface area contributed by atoms with Crippen LogP contribution < -0.4 is 26.1 Å². The monoisotopic (exact) mass is 393 g/mol. The first-order valence-electron chi connectivity index (χ1n) is 8.30. The summed E-state index contributed by atoms with van der Waals surface area (Å²) in [6, 6.07) is 6.67. The van der Waals surface area contributed by atoms with Crippen molar-refractivity contribution in [1.29, 1.82) is 5.41 Å². The SMILES string of the molecule is COc1ccc(-c2cc(=O)[nH]c(=S)n2CCCNC(=N)N)c(OCCO)c1. The summed E-state index contributed by atoms with van der Waals surface area (Å²) in [4.78, 5) is 14.6. The predicted molar refractivity (Wildman–Crippen MR) is 105 cm³/mol. The van der Waals surface area contributed by atoms with Gasteiger partial charge in [-0.25, -0.2) is 0 Å². The van der Waals surface area contributed by atoms with E-state index in [0.29, 0.717) is 42.3 Å². The molecule has 0 amide bonds. The average Bonchev–Trinajstić information content (AvgIpc) is 2.64. The molecule has 10 heteroatoms. The Morgan fingerprint density at radius 2 is 2.22 bits per heavy atom. The van der Waals surface area contributed by atoms with Crippen LogP contribution in [0.2, 0.25) is 0 Å². The molecule has 0 unspecified atom stereocenters. The first kappa shape index (κ1) is 20.5. The van der Waals surface area contributed by atoms with Crippen LogP contribution in [-0.2, 0) is 6.54 Å². The Morgan fingerprint density at radius 1 is 1.44 bits per heavy atom. The Bertz CT molecular complexity index is 909. The minimum atomic E-state index is -0.322. The number of guanidine groups is 1. The van der Waals surface area contributed by atoms with E-state index in [-0.39, 0.29) is 29.5 Å². The average molecular weight is 393 g/mol. The van der Waals surface area contributed by atoms with Crippen LogP contribution in [-0.4, -0.2) is 47.5 Å². The van der Waals surface area contributed by atoms with Crippen molar-refractivity contribution in [2.75, 3.05) is 26.9 Å². The second kappa shape index (κ2) is 9.74. The third kappa shape index (κ3) is 5.56. The number of aliphatic hydroxyl groups is 1. The van der Waals surface area contributed by atoms with E-state index in [1.807, 2.05) is 0 Å². The molecule has 0 aliphatic rings. The molecule has 146 valence electrons. The van der Waals surface area contributed by atoms with Crippen molar-refractivity contribution < 1.29 is 14.6 Å². The van der Waals surface area contributed by atoms with Crippen LogP contribution >= 0.6 is 12.2 Å². The lowest BCUT2D eigenvalue weighted by molar-refractivity contribution is 0.201. The molecule has 0 saturated carbocycles. The zero-order valence-corrected chi connectivity index (χ0v) is 15.8. The van der Waals surface area contributed by atoms with Gasteiger partial charge in [0.15, 0.2) is 10.7 Å². The maximum absolute atomic E-state index is 12.0. The van der Waals surface area contributed by atoms with Crippen molar-refractivity contribution in [3.63, 3.8) is 0 Å². The standard InChI is InChI=1S/C17H23N5O4S/c1-25-11-3-4-12(14(9-11)26-8-7-23)13-10-15(24)21-17(27)22(13)6-2-5-20-16(18)19/h3-4,9-10,23H,2,5-8H2,1H3,(H4,18,19,20)(H,21,24,27). The van der Waals surface area contributed by atoms with Gasteiger partial charge in [-0.3, -0.25) is 15.2 Å². The summed E-state index contributed by atoms with van der Waals surface area (Å²) in [5.41, 5.74) is 6.20. The highest BCUT2D eigenvalue weighted by atomic mass is 32.1. The number of benzene rings is 1. The molecule has 0 aliphatic heterocycles. The van der Waals surface area contributed by atoms with Crippen molar-refractivity contribution in [3.8, 4) is 22.8 Å². The number of hydrogen-bond acceptors (Lipinski definition) is 6. The maximum Gasteiger partial charge on any atom is 0.252 e. The number of ether oxygens (including phenoxy) is 2. The van der Waals surface area contributed by atoms with Gasteiger partial charge in [0.25, 0.3) is 5.56 Å². The lowest BCUT2D eigenvalue weighted by atomic mass is 10.1. The predicted octanol–water partition coefficient (Wildman–Crippen LogP) is 0.826. The third-order valence-corrected chi connectivity index (χ3v) is 4.04. The molecule has 0 bridgehead atoms. The molecule has 6 N–H and O–H groups in total. The number of hydrogen-bond donors (Lipinski definition) is 5. The van der Waals surface area contributed by atoms with Crippen molar-refractivity contribution in [1.82, 2.24) is 14.9 Å². The number of aromatic nitrogens is 2. The highest BCUT2D eigenvalue weighted by molar-refractivity contribution is 7.71. The molecule has 9 nitrogen and oxygen atoms in total. The van der Waals surface area contributed by atoms with E-state index < -0.39 is 0 Å². The Morgan fingerprint density at radius 3 is 2.89 bits per heavy atom. The Labute approximate surface area is 161 Å².